The summed E-state index contributed by atoms with van der Waals surface area (Å²) in [5.41, 5.74) is 6.39. The van der Waals surface area contributed by atoms with E-state index in [0.29, 0.717) is 18.0 Å². The Balaban J connectivity index is 0.927. The van der Waals surface area contributed by atoms with E-state index >= 15 is 0 Å². The molecule has 61 heavy (non-hydrogen) atoms. The first kappa shape index (κ1) is 39.7. The molecule has 2 saturated heterocycles. The average molecular weight is 823 g/mol. The minimum Gasteiger partial charge on any atom is -0.453 e. The first-order valence-corrected chi connectivity index (χ1v) is 21.1. The van der Waals surface area contributed by atoms with Gasteiger partial charge in [-0.15, -0.1) is 0 Å². The maximum atomic E-state index is 14.1. The van der Waals surface area contributed by atoms with E-state index in [1.54, 1.807) is 0 Å². The largest absolute Gasteiger partial charge is 0.453 e. The number of hydrogen-bond acceptors (Lipinski definition) is 8. The predicted molar refractivity (Wildman–Crippen MR) is 230 cm³/mol. The van der Waals surface area contributed by atoms with E-state index in [1.165, 1.54) is 14.2 Å². The molecule has 1 saturated carbocycles. The molecule has 2 bridgehead atoms. The van der Waals surface area contributed by atoms with Crippen molar-refractivity contribution in [1.82, 2.24) is 40.4 Å². The number of carbonyl (C=O) groups is 4. The Bertz CT molecular complexity index is 2600. The third-order valence-corrected chi connectivity index (χ3v) is 12.8. The number of ether oxygens (including phenoxy) is 2. The minimum absolute atomic E-state index is 0.0974. The number of aromatic nitrogens is 4. The second kappa shape index (κ2) is 16.4. The van der Waals surface area contributed by atoms with E-state index < -0.39 is 24.3 Å². The number of piperidine rings is 1. The first-order valence-electron chi connectivity index (χ1n) is 21.1. The highest BCUT2D eigenvalue weighted by Gasteiger charge is 2.51. The number of carbonyl (C=O) groups excluding carboxylic acids is 4. The van der Waals surface area contributed by atoms with Crippen molar-refractivity contribution in [3.8, 4) is 22.4 Å². The molecule has 314 valence electrons. The topological polar surface area (TPSA) is 175 Å². The number of H-pyrrole nitrogens is 2. The summed E-state index contributed by atoms with van der Waals surface area (Å²) in [7, 11) is 2.59. The number of methoxy groups -OCH3 is 2. The molecular formula is C47H50N8O6. The molecule has 9 rings (SSSR count). The zero-order chi connectivity index (χ0) is 42.4. The van der Waals surface area contributed by atoms with Gasteiger partial charge in [0.25, 0.3) is 5.91 Å². The van der Waals surface area contributed by atoms with Crippen LogP contribution in [0.25, 0.3) is 44.2 Å². The predicted octanol–water partition coefficient (Wildman–Crippen LogP) is 7.97. The minimum atomic E-state index is -0.888. The molecule has 1 unspecified atom stereocenters. The van der Waals surface area contributed by atoms with Crippen molar-refractivity contribution in [2.45, 2.75) is 76.2 Å². The summed E-state index contributed by atoms with van der Waals surface area (Å²) in [5.74, 6) is 1.37. The number of likely N-dealkylation sites (tertiary alicyclic amines) is 2. The lowest BCUT2D eigenvalue weighted by molar-refractivity contribution is -0.139. The van der Waals surface area contributed by atoms with Crippen LogP contribution in [0, 0.1) is 11.8 Å². The maximum Gasteiger partial charge on any atom is 0.407 e. The highest BCUT2D eigenvalue weighted by atomic mass is 16.5. The molecule has 0 spiro atoms. The van der Waals surface area contributed by atoms with Crippen LogP contribution in [0.4, 0.5) is 9.59 Å². The highest BCUT2D eigenvalue weighted by Crippen LogP contribution is 2.50. The summed E-state index contributed by atoms with van der Waals surface area (Å²) in [4.78, 5) is 73.2. The second-order valence-corrected chi connectivity index (χ2v) is 16.7. The Hall–Kier alpha value is -6.70. The smallest absolute Gasteiger partial charge is 0.407 e. The number of aromatic amines is 2. The van der Waals surface area contributed by atoms with Gasteiger partial charge in [-0.05, 0) is 83.7 Å². The van der Waals surface area contributed by atoms with Gasteiger partial charge in [-0.1, -0.05) is 86.6 Å². The van der Waals surface area contributed by atoms with Gasteiger partial charge in [-0.25, -0.2) is 19.6 Å². The van der Waals surface area contributed by atoms with Crippen LogP contribution in [0.2, 0.25) is 0 Å². The van der Waals surface area contributed by atoms with Crippen LogP contribution in [0.5, 0.6) is 0 Å². The van der Waals surface area contributed by atoms with Gasteiger partial charge in [0.2, 0.25) is 5.91 Å². The molecule has 4 N–H and O–H groups in total. The molecule has 3 fully saturated rings. The summed E-state index contributed by atoms with van der Waals surface area (Å²) in [6.07, 6.45) is 5.03. The van der Waals surface area contributed by atoms with Gasteiger partial charge in [0.1, 0.15) is 23.7 Å². The van der Waals surface area contributed by atoms with Crippen molar-refractivity contribution < 1.29 is 28.7 Å². The highest BCUT2D eigenvalue weighted by molar-refractivity contribution is 6.05. The fourth-order valence-electron chi connectivity index (χ4n) is 9.74. The Labute approximate surface area is 353 Å². The first-order chi connectivity index (χ1) is 29.6. The molecule has 3 aliphatic rings. The summed E-state index contributed by atoms with van der Waals surface area (Å²) in [6, 6.07) is 26.2. The van der Waals surface area contributed by atoms with Crippen LogP contribution in [-0.4, -0.2) is 86.6 Å². The number of benzene rings is 4. The van der Waals surface area contributed by atoms with Gasteiger partial charge >= 0.3 is 12.2 Å². The summed E-state index contributed by atoms with van der Waals surface area (Å²) >= 11 is 0. The third-order valence-electron chi connectivity index (χ3n) is 12.8. The Kier molecular flexibility index (Phi) is 10.7. The summed E-state index contributed by atoms with van der Waals surface area (Å²) in [6.45, 7) is 4.40. The van der Waals surface area contributed by atoms with E-state index in [-0.39, 0.29) is 35.9 Å². The van der Waals surface area contributed by atoms with Gasteiger partial charge in [0.15, 0.2) is 0 Å². The van der Waals surface area contributed by atoms with Gasteiger partial charge in [-0.3, -0.25) is 9.59 Å². The molecule has 1 aliphatic carbocycles. The molecule has 14 nitrogen and oxygen atoms in total. The number of amides is 4. The van der Waals surface area contributed by atoms with Crippen molar-refractivity contribution in [3.05, 3.63) is 108 Å². The van der Waals surface area contributed by atoms with Crippen LogP contribution in [0.1, 0.15) is 81.3 Å². The Morgan fingerprint density at radius 2 is 1.52 bits per heavy atom. The average Bonchev–Trinajstić information content (AvgIpc) is 4.15. The summed E-state index contributed by atoms with van der Waals surface area (Å²) < 4.78 is 9.69. The molecule has 2 aromatic heterocycles. The molecule has 4 aromatic carbocycles. The molecule has 14 heteroatoms. The number of imidazole rings is 2. The maximum absolute atomic E-state index is 14.1. The normalized spacial score (nSPS) is 20.6. The number of hydrogen-bond donors (Lipinski definition) is 4. The van der Waals surface area contributed by atoms with Crippen molar-refractivity contribution >= 4 is 45.8 Å². The van der Waals surface area contributed by atoms with Gasteiger partial charge in [0.05, 0.1) is 49.2 Å². The molecule has 6 aromatic rings. The number of alkyl carbamates (subject to hydrolysis) is 2. The van der Waals surface area contributed by atoms with Gasteiger partial charge in [0, 0.05) is 18.0 Å². The lowest BCUT2D eigenvalue weighted by atomic mass is 9.95. The van der Waals surface area contributed by atoms with Gasteiger partial charge < -0.3 is 39.9 Å². The SMILES string of the molecule is COC(=O)NC(C(=O)N1[C@@H]2CC[C@@H](C2)[C@H]1c1ncc(-c2ccc(-c3ccc4c(ccc5[nH]c([C@@H]6CCCN6C(=O)[C@H](NC(=O)OC)c6ccccc6)nc54)c3)cc2)[nH]1)C(C)C. The lowest BCUT2D eigenvalue weighted by Crippen LogP contribution is -2.54. The van der Waals surface area contributed by atoms with Crippen molar-refractivity contribution in [2.75, 3.05) is 20.8 Å². The molecule has 0 radical (unpaired) electrons. The molecule has 4 heterocycles. The number of fused-ring (bicyclic) bond motifs is 5. The van der Waals surface area contributed by atoms with Crippen molar-refractivity contribution in [3.63, 3.8) is 0 Å². The van der Waals surface area contributed by atoms with E-state index in [4.69, 9.17) is 19.4 Å². The van der Waals surface area contributed by atoms with Crippen LogP contribution in [-0.2, 0) is 19.1 Å². The van der Waals surface area contributed by atoms with E-state index in [9.17, 15) is 19.2 Å². The number of rotatable bonds is 10. The second-order valence-electron chi connectivity index (χ2n) is 16.7. The molecule has 4 amide bonds. The van der Waals surface area contributed by atoms with Crippen molar-refractivity contribution in [2.24, 2.45) is 11.8 Å². The quantitative estimate of drug-likeness (QED) is 0.108. The molecular weight excluding hydrogens is 773 g/mol. The van der Waals surface area contributed by atoms with E-state index in [0.717, 1.165) is 87.9 Å². The fourth-order valence-corrected chi connectivity index (χ4v) is 9.74. The van der Waals surface area contributed by atoms with Crippen LogP contribution >= 0.6 is 0 Å². The van der Waals surface area contributed by atoms with Crippen LogP contribution in [0.3, 0.4) is 0 Å². The summed E-state index contributed by atoms with van der Waals surface area (Å²) in [5, 5.41) is 7.54. The standard InChI is InChI=1S/C47H50N8O6/c1-26(2)38(52-46(58)60-3)45(57)55-33-19-16-32(24-33)41(55)43-48-25-36(50-43)28-14-12-27(13-15-28)30-17-20-34-31(23-30)18-21-35-40(34)51-42(49-35)37-11-8-22-54(37)44(56)39(53-47(59)61-4)29-9-6-5-7-10-29/h5-7,9-10,12-15,17-18,20-21,23,25-26,32-33,37-39,41H,8,11,16,19,22,24H2,1-4H3,(H,48,50)(H,49,51)(H,52,58)(H,53,59)/t32-,33+,37-,38?,39+,41-/m0/s1. The molecule has 6 atom stereocenters. The lowest BCUT2D eigenvalue weighted by Gasteiger charge is -2.37. The zero-order valence-electron chi connectivity index (χ0n) is 34.7. The van der Waals surface area contributed by atoms with E-state index in [1.807, 2.05) is 66.2 Å². The zero-order valence-corrected chi connectivity index (χ0v) is 34.7. The van der Waals surface area contributed by atoms with Gasteiger partial charge in [-0.2, -0.15) is 0 Å². The Morgan fingerprint density at radius 1 is 0.787 bits per heavy atom. The molecule has 2 aliphatic heterocycles. The number of nitrogens with zero attached hydrogens (tertiary/aromatic N) is 4. The monoisotopic (exact) mass is 822 g/mol. The Morgan fingerprint density at radius 3 is 2.28 bits per heavy atom. The van der Waals surface area contributed by atoms with Crippen molar-refractivity contribution in [1.29, 1.82) is 0 Å². The van der Waals surface area contributed by atoms with Crippen LogP contribution in [0.15, 0.2) is 91.1 Å². The fraction of sp³-hybridized carbons (Fsp3) is 0.362. The third kappa shape index (κ3) is 7.44. The van der Waals surface area contributed by atoms with Crippen LogP contribution < -0.4 is 10.6 Å². The number of nitrogens with one attached hydrogen (secondary N) is 4. The van der Waals surface area contributed by atoms with E-state index in [2.05, 4.69) is 69.1 Å².